The van der Waals surface area contributed by atoms with Crippen LogP contribution in [0.5, 0.6) is 0 Å². The molecule has 0 unspecified atom stereocenters. The molecule has 1 aromatic heterocycles. The van der Waals surface area contributed by atoms with Gasteiger partial charge in [-0.05, 0) is 46.0 Å². The standard InChI is InChI=1S/C20H18O/c1-20(2,3)15-8-9-18-17(12-15)16-10-13-6-4-5-7-14(13)11-19(16)21-18/h4-12H,1-3H3. The molecule has 0 aliphatic rings. The summed E-state index contributed by atoms with van der Waals surface area (Å²) in [7, 11) is 0. The largest absolute Gasteiger partial charge is 0.456 e. The first kappa shape index (κ1) is 12.5. The van der Waals surface area contributed by atoms with Gasteiger partial charge in [-0.25, -0.2) is 0 Å². The minimum atomic E-state index is 0.147. The van der Waals surface area contributed by atoms with E-state index in [4.69, 9.17) is 4.42 Å². The van der Waals surface area contributed by atoms with E-state index in [0.29, 0.717) is 0 Å². The average Bonchev–Trinajstić information content (AvgIpc) is 2.80. The van der Waals surface area contributed by atoms with Crippen LogP contribution in [0.4, 0.5) is 0 Å². The predicted octanol–water partition coefficient (Wildman–Crippen LogP) is 6.04. The highest BCUT2D eigenvalue weighted by Crippen LogP contribution is 2.34. The van der Waals surface area contributed by atoms with Crippen LogP contribution in [-0.2, 0) is 5.41 Å². The fourth-order valence-corrected chi connectivity index (χ4v) is 2.93. The Morgan fingerprint density at radius 2 is 1.38 bits per heavy atom. The first-order valence-corrected chi connectivity index (χ1v) is 7.38. The first-order valence-electron chi connectivity index (χ1n) is 7.38. The molecule has 0 bridgehead atoms. The third-order valence-corrected chi connectivity index (χ3v) is 4.20. The van der Waals surface area contributed by atoms with E-state index in [-0.39, 0.29) is 5.41 Å². The van der Waals surface area contributed by atoms with E-state index in [2.05, 4.69) is 75.4 Å². The van der Waals surface area contributed by atoms with Crippen molar-refractivity contribution in [3.05, 3.63) is 60.2 Å². The molecule has 3 aromatic carbocycles. The maximum Gasteiger partial charge on any atom is 0.136 e. The summed E-state index contributed by atoms with van der Waals surface area (Å²) in [6.07, 6.45) is 0. The summed E-state index contributed by atoms with van der Waals surface area (Å²) in [4.78, 5) is 0. The van der Waals surface area contributed by atoms with E-state index in [9.17, 15) is 0 Å². The zero-order chi connectivity index (χ0) is 14.6. The van der Waals surface area contributed by atoms with Gasteiger partial charge in [0.05, 0.1) is 0 Å². The molecule has 0 aliphatic heterocycles. The summed E-state index contributed by atoms with van der Waals surface area (Å²) in [6, 6.07) is 19.3. The van der Waals surface area contributed by atoms with Crippen LogP contribution in [0, 0.1) is 0 Å². The Morgan fingerprint density at radius 3 is 2.10 bits per heavy atom. The molecule has 0 N–H and O–H groups in total. The van der Waals surface area contributed by atoms with Crippen molar-refractivity contribution in [2.24, 2.45) is 0 Å². The third-order valence-electron chi connectivity index (χ3n) is 4.20. The molecule has 0 radical (unpaired) electrons. The van der Waals surface area contributed by atoms with Gasteiger partial charge in [-0.1, -0.05) is 51.1 Å². The molecule has 1 heterocycles. The summed E-state index contributed by atoms with van der Waals surface area (Å²) < 4.78 is 6.03. The lowest BCUT2D eigenvalue weighted by Crippen LogP contribution is -2.10. The van der Waals surface area contributed by atoms with Gasteiger partial charge >= 0.3 is 0 Å². The van der Waals surface area contributed by atoms with Crippen LogP contribution in [0.1, 0.15) is 26.3 Å². The molecule has 4 aromatic rings. The molecule has 0 amide bonds. The Balaban J connectivity index is 2.11. The Hall–Kier alpha value is -2.28. The van der Waals surface area contributed by atoms with Crippen LogP contribution < -0.4 is 0 Å². The minimum absolute atomic E-state index is 0.147. The molecule has 21 heavy (non-hydrogen) atoms. The van der Waals surface area contributed by atoms with Gasteiger partial charge in [-0.15, -0.1) is 0 Å². The molecule has 0 saturated carbocycles. The lowest BCUT2D eigenvalue weighted by atomic mass is 9.86. The predicted molar refractivity (Wildman–Crippen MR) is 89.9 cm³/mol. The molecular weight excluding hydrogens is 256 g/mol. The van der Waals surface area contributed by atoms with Crippen molar-refractivity contribution < 1.29 is 4.42 Å². The molecule has 4 rings (SSSR count). The van der Waals surface area contributed by atoms with E-state index in [1.54, 1.807) is 0 Å². The first-order chi connectivity index (χ1) is 10.0. The topological polar surface area (TPSA) is 13.1 Å². The van der Waals surface area contributed by atoms with E-state index < -0.39 is 0 Å². The zero-order valence-electron chi connectivity index (χ0n) is 12.6. The molecule has 0 fully saturated rings. The van der Waals surface area contributed by atoms with Crippen molar-refractivity contribution in [2.75, 3.05) is 0 Å². The van der Waals surface area contributed by atoms with Crippen LogP contribution in [0.2, 0.25) is 0 Å². The number of fused-ring (bicyclic) bond motifs is 4. The van der Waals surface area contributed by atoms with Gasteiger partial charge < -0.3 is 4.42 Å². The third kappa shape index (κ3) is 1.92. The van der Waals surface area contributed by atoms with Crippen molar-refractivity contribution in [2.45, 2.75) is 26.2 Å². The normalized spacial score (nSPS) is 12.5. The molecule has 104 valence electrons. The maximum absolute atomic E-state index is 6.03. The summed E-state index contributed by atoms with van der Waals surface area (Å²) in [5, 5.41) is 4.90. The number of benzene rings is 3. The Kier molecular flexibility index (Phi) is 2.44. The van der Waals surface area contributed by atoms with Gasteiger partial charge in [-0.2, -0.15) is 0 Å². The second kappa shape index (κ2) is 4.11. The highest BCUT2D eigenvalue weighted by Gasteiger charge is 2.16. The van der Waals surface area contributed by atoms with Crippen LogP contribution >= 0.6 is 0 Å². The summed E-state index contributed by atoms with van der Waals surface area (Å²) >= 11 is 0. The molecule has 0 aliphatic carbocycles. The van der Waals surface area contributed by atoms with Gasteiger partial charge in [-0.3, -0.25) is 0 Å². The Labute approximate surface area is 124 Å². The minimum Gasteiger partial charge on any atom is -0.456 e. The van der Waals surface area contributed by atoms with Crippen molar-refractivity contribution in [1.82, 2.24) is 0 Å². The van der Waals surface area contributed by atoms with Crippen LogP contribution in [0.15, 0.2) is 59.0 Å². The lowest BCUT2D eigenvalue weighted by molar-refractivity contribution is 0.590. The number of rotatable bonds is 0. The molecule has 0 atom stereocenters. The fourth-order valence-electron chi connectivity index (χ4n) is 2.93. The number of hydrogen-bond donors (Lipinski definition) is 0. The van der Waals surface area contributed by atoms with E-state index in [1.165, 1.54) is 27.1 Å². The second-order valence-electron chi connectivity index (χ2n) is 6.76. The van der Waals surface area contributed by atoms with Gasteiger partial charge in [0.25, 0.3) is 0 Å². The summed E-state index contributed by atoms with van der Waals surface area (Å²) in [5.74, 6) is 0. The number of hydrogen-bond acceptors (Lipinski definition) is 1. The lowest BCUT2D eigenvalue weighted by Gasteiger charge is -2.18. The molecule has 0 spiro atoms. The van der Waals surface area contributed by atoms with Crippen LogP contribution in [0.3, 0.4) is 0 Å². The van der Waals surface area contributed by atoms with Crippen molar-refractivity contribution >= 4 is 32.7 Å². The summed E-state index contributed by atoms with van der Waals surface area (Å²) in [5.41, 5.74) is 3.42. The SMILES string of the molecule is CC(C)(C)c1ccc2oc3cc4ccccc4cc3c2c1. The highest BCUT2D eigenvalue weighted by molar-refractivity contribution is 6.10. The van der Waals surface area contributed by atoms with Crippen molar-refractivity contribution in [3.63, 3.8) is 0 Å². The Morgan fingerprint density at radius 1 is 0.714 bits per heavy atom. The molecule has 1 nitrogen and oxygen atoms in total. The molecule has 0 saturated heterocycles. The Bertz CT molecular complexity index is 968. The second-order valence-corrected chi connectivity index (χ2v) is 6.76. The van der Waals surface area contributed by atoms with Crippen LogP contribution in [-0.4, -0.2) is 0 Å². The van der Waals surface area contributed by atoms with Crippen molar-refractivity contribution in [3.8, 4) is 0 Å². The molecular formula is C20H18O. The quantitative estimate of drug-likeness (QED) is 0.381. The van der Waals surface area contributed by atoms with E-state index >= 15 is 0 Å². The van der Waals surface area contributed by atoms with Gasteiger partial charge in [0.1, 0.15) is 11.2 Å². The smallest absolute Gasteiger partial charge is 0.136 e. The number of furan rings is 1. The van der Waals surface area contributed by atoms with Gasteiger partial charge in [0, 0.05) is 10.8 Å². The van der Waals surface area contributed by atoms with Crippen LogP contribution in [0.25, 0.3) is 32.7 Å². The zero-order valence-corrected chi connectivity index (χ0v) is 12.6. The fraction of sp³-hybridized carbons (Fsp3) is 0.200. The van der Waals surface area contributed by atoms with Gasteiger partial charge in [0.15, 0.2) is 0 Å². The summed E-state index contributed by atoms with van der Waals surface area (Å²) in [6.45, 7) is 6.73. The van der Waals surface area contributed by atoms with Crippen molar-refractivity contribution in [1.29, 1.82) is 0 Å². The molecule has 1 heteroatoms. The van der Waals surface area contributed by atoms with E-state index in [1.807, 2.05) is 0 Å². The van der Waals surface area contributed by atoms with E-state index in [0.717, 1.165) is 11.2 Å². The average molecular weight is 274 g/mol. The monoisotopic (exact) mass is 274 g/mol. The maximum atomic E-state index is 6.03. The van der Waals surface area contributed by atoms with Gasteiger partial charge in [0.2, 0.25) is 0 Å². The highest BCUT2D eigenvalue weighted by atomic mass is 16.3.